The average Bonchev–Trinajstić information content (AvgIpc) is 3.61. The van der Waals surface area contributed by atoms with Crippen LogP contribution in [0.15, 0.2) is 93.8 Å². The van der Waals surface area contributed by atoms with Gasteiger partial charge in [0.1, 0.15) is 22.3 Å². The molecule has 0 radical (unpaired) electrons. The highest BCUT2D eigenvalue weighted by atomic mass is 16.3. The number of nitrogens with zero attached hydrogens (tertiary/aromatic N) is 4. The summed E-state index contributed by atoms with van der Waals surface area (Å²) in [6.45, 7) is 7.12. The lowest BCUT2D eigenvalue weighted by atomic mass is 9.70. The molecule has 7 aromatic rings. The number of hydrogen-bond acceptors (Lipinski definition) is 7. The Morgan fingerprint density at radius 2 is 0.953 bits per heavy atom. The second-order valence-corrected chi connectivity index (χ2v) is 12.1. The minimum absolute atomic E-state index is 0.0111. The number of furan rings is 2. The molecule has 0 atom stereocenters. The van der Waals surface area contributed by atoms with Gasteiger partial charge in [0.05, 0.1) is 10.8 Å². The molecule has 1 fully saturated rings. The van der Waals surface area contributed by atoms with Gasteiger partial charge < -0.3 is 8.83 Å². The van der Waals surface area contributed by atoms with Crippen LogP contribution in [0.2, 0.25) is 0 Å². The smallest absolute Gasteiger partial charge is 0.243 e. The number of amides is 2. The molecule has 43 heavy (non-hydrogen) atoms. The molecule has 210 valence electrons. The van der Waals surface area contributed by atoms with Crippen LogP contribution in [0.4, 0.5) is 5.95 Å². The second-order valence-electron chi connectivity index (χ2n) is 12.1. The number of imide groups is 1. The maximum atomic E-state index is 13.7. The standard InChI is InChI=1S/C35H26N4O4/c1-34(2)31(40)39(32(41)35(34,3)4)33-37-29(19-13-15-23-21-9-5-7-11-25(21)42-27(23)17-19)36-30(38-33)20-14-16-24-22-10-6-8-12-26(22)43-28(24)18-20/h5-18H,1-4H3. The summed E-state index contributed by atoms with van der Waals surface area (Å²) < 4.78 is 12.2. The van der Waals surface area contributed by atoms with Crippen LogP contribution in [0.25, 0.3) is 66.7 Å². The molecule has 4 heterocycles. The van der Waals surface area contributed by atoms with Crippen LogP contribution in [0.3, 0.4) is 0 Å². The molecule has 1 aliphatic rings. The SMILES string of the molecule is CC1(C)C(=O)N(c2nc(-c3ccc4c(c3)oc3ccccc34)nc(-c3ccc4c(c3)oc3ccccc34)n2)C(=O)C1(C)C. The monoisotopic (exact) mass is 566 g/mol. The quantitative estimate of drug-likeness (QED) is 0.200. The molecule has 0 saturated carbocycles. The Labute approximate surface area is 246 Å². The van der Waals surface area contributed by atoms with Gasteiger partial charge in [0.2, 0.25) is 17.8 Å². The zero-order valence-electron chi connectivity index (χ0n) is 24.0. The molecule has 0 bridgehead atoms. The Morgan fingerprint density at radius 1 is 0.535 bits per heavy atom. The minimum atomic E-state index is -0.947. The van der Waals surface area contributed by atoms with Crippen molar-refractivity contribution in [3.05, 3.63) is 84.9 Å². The van der Waals surface area contributed by atoms with Crippen molar-refractivity contribution in [2.75, 3.05) is 4.90 Å². The third kappa shape index (κ3) is 3.53. The molecule has 0 unspecified atom stereocenters. The Kier molecular flexibility index (Phi) is 5.06. The first-order valence-corrected chi connectivity index (χ1v) is 14.1. The lowest BCUT2D eigenvalue weighted by molar-refractivity contribution is -0.129. The van der Waals surface area contributed by atoms with Gasteiger partial charge in [-0.2, -0.15) is 9.97 Å². The van der Waals surface area contributed by atoms with Crippen molar-refractivity contribution in [3.8, 4) is 22.8 Å². The molecule has 0 N–H and O–H groups in total. The number of anilines is 1. The van der Waals surface area contributed by atoms with E-state index in [-0.39, 0.29) is 17.8 Å². The van der Waals surface area contributed by atoms with E-state index in [2.05, 4.69) is 0 Å². The zero-order valence-corrected chi connectivity index (χ0v) is 24.0. The third-order valence-electron chi connectivity index (χ3n) is 9.14. The molecule has 8 nitrogen and oxygen atoms in total. The van der Waals surface area contributed by atoms with E-state index in [0.29, 0.717) is 33.9 Å². The van der Waals surface area contributed by atoms with E-state index < -0.39 is 10.8 Å². The first kappa shape index (κ1) is 25.3. The molecular weight excluding hydrogens is 540 g/mol. The number of carbonyl (C=O) groups excluding carboxylic acids is 2. The maximum Gasteiger partial charge on any atom is 0.243 e. The van der Waals surface area contributed by atoms with E-state index in [1.807, 2.05) is 84.9 Å². The fraction of sp³-hybridized carbons (Fsp3) is 0.171. The molecule has 0 spiro atoms. The van der Waals surface area contributed by atoms with Crippen LogP contribution in [0.1, 0.15) is 27.7 Å². The number of carbonyl (C=O) groups is 2. The molecule has 8 rings (SSSR count). The van der Waals surface area contributed by atoms with Crippen LogP contribution < -0.4 is 4.90 Å². The van der Waals surface area contributed by atoms with Crippen molar-refractivity contribution in [2.45, 2.75) is 27.7 Å². The molecule has 4 aromatic carbocycles. The van der Waals surface area contributed by atoms with Crippen LogP contribution in [0, 0.1) is 10.8 Å². The van der Waals surface area contributed by atoms with Crippen LogP contribution >= 0.6 is 0 Å². The van der Waals surface area contributed by atoms with E-state index in [4.69, 9.17) is 23.8 Å². The number of aromatic nitrogens is 3. The minimum Gasteiger partial charge on any atom is -0.456 e. The van der Waals surface area contributed by atoms with Crippen LogP contribution in [-0.2, 0) is 9.59 Å². The lowest BCUT2D eigenvalue weighted by Gasteiger charge is -2.28. The summed E-state index contributed by atoms with van der Waals surface area (Å²) in [5.41, 5.74) is 2.36. The van der Waals surface area contributed by atoms with Crippen molar-refractivity contribution < 1.29 is 18.4 Å². The van der Waals surface area contributed by atoms with Crippen molar-refractivity contribution in [2.24, 2.45) is 10.8 Å². The number of rotatable bonds is 3. The van der Waals surface area contributed by atoms with E-state index in [9.17, 15) is 9.59 Å². The molecule has 2 amide bonds. The average molecular weight is 567 g/mol. The summed E-state index contributed by atoms with van der Waals surface area (Å²) in [5.74, 6) is -0.0921. The zero-order chi connectivity index (χ0) is 29.7. The Bertz CT molecular complexity index is 2150. The Balaban J connectivity index is 1.34. The van der Waals surface area contributed by atoms with Crippen molar-refractivity contribution in [3.63, 3.8) is 0 Å². The van der Waals surface area contributed by atoms with Gasteiger partial charge in [-0.25, -0.2) is 9.88 Å². The fourth-order valence-corrected chi connectivity index (χ4v) is 5.82. The second kappa shape index (κ2) is 8.58. The van der Waals surface area contributed by atoms with E-state index >= 15 is 0 Å². The van der Waals surface area contributed by atoms with Gasteiger partial charge in [0.15, 0.2) is 11.6 Å². The summed E-state index contributed by atoms with van der Waals surface area (Å²) in [5, 5.41) is 3.96. The summed E-state index contributed by atoms with van der Waals surface area (Å²) in [7, 11) is 0. The van der Waals surface area contributed by atoms with Crippen LogP contribution in [-0.4, -0.2) is 26.8 Å². The predicted octanol–water partition coefficient (Wildman–Crippen LogP) is 7.93. The summed E-state index contributed by atoms with van der Waals surface area (Å²) in [6.07, 6.45) is 0. The maximum absolute atomic E-state index is 13.7. The van der Waals surface area contributed by atoms with E-state index in [1.165, 1.54) is 0 Å². The van der Waals surface area contributed by atoms with Gasteiger partial charge in [0.25, 0.3) is 0 Å². The van der Waals surface area contributed by atoms with Crippen molar-refractivity contribution in [1.82, 2.24) is 15.0 Å². The largest absolute Gasteiger partial charge is 0.456 e. The predicted molar refractivity (Wildman–Crippen MR) is 165 cm³/mol. The van der Waals surface area contributed by atoms with Gasteiger partial charge >= 0.3 is 0 Å². The first-order valence-electron chi connectivity index (χ1n) is 14.1. The highest BCUT2D eigenvalue weighted by molar-refractivity contribution is 6.24. The van der Waals surface area contributed by atoms with Gasteiger partial charge in [-0.1, -0.05) is 48.5 Å². The molecular formula is C35H26N4O4. The summed E-state index contributed by atoms with van der Waals surface area (Å²) in [6, 6.07) is 27.2. The summed E-state index contributed by atoms with van der Waals surface area (Å²) >= 11 is 0. The molecule has 8 heteroatoms. The fourth-order valence-electron chi connectivity index (χ4n) is 5.82. The highest BCUT2D eigenvalue weighted by Crippen LogP contribution is 2.48. The Hall–Kier alpha value is -5.37. The number of benzene rings is 4. The highest BCUT2D eigenvalue weighted by Gasteiger charge is 2.60. The molecule has 3 aromatic heterocycles. The van der Waals surface area contributed by atoms with Crippen LogP contribution in [0.5, 0.6) is 0 Å². The topological polar surface area (TPSA) is 102 Å². The Morgan fingerprint density at radius 3 is 1.42 bits per heavy atom. The number of hydrogen-bond donors (Lipinski definition) is 0. The normalized spacial score (nSPS) is 16.3. The number of para-hydroxylation sites is 2. The third-order valence-corrected chi connectivity index (χ3v) is 9.14. The van der Waals surface area contributed by atoms with Crippen molar-refractivity contribution in [1.29, 1.82) is 0 Å². The molecule has 1 saturated heterocycles. The van der Waals surface area contributed by atoms with Gasteiger partial charge in [-0.05, 0) is 64.1 Å². The lowest BCUT2D eigenvalue weighted by Crippen LogP contribution is -2.35. The number of fused-ring (bicyclic) bond motifs is 6. The van der Waals surface area contributed by atoms with Gasteiger partial charge in [-0.3, -0.25) is 9.59 Å². The van der Waals surface area contributed by atoms with E-state index in [1.54, 1.807) is 27.7 Å². The molecule has 0 aliphatic carbocycles. The van der Waals surface area contributed by atoms with Crippen molar-refractivity contribution >= 4 is 61.6 Å². The molecule has 1 aliphatic heterocycles. The first-order chi connectivity index (χ1) is 20.6. The summed E-state index contributed by atoms with van der Waals surface area (Å²) in [4.78, 5) is 42.7. The van der Waals surface area contributed by atoms with Gasteiger partial charge in [-0.15, -0.1) is 0 Å². The van der Waals surface area contributed by atoms with E-state index in [0.717, 1.165) is 37.6 Å². The van der Waals surface area contributed by atoms with Gasteiger partial charge in [0, 0.05) is 32.7 Å².